The lowest BCUT2D eigenvalue weighted by molar-refractivity contribution is 0.669. The van der Waals surface area contributed by atoms with Gasteiger partial charge in [-0.05, 0) is 72.3 Å². The Morgan fingerprint density at radius 3 is 1.87 bits per heavy atom. The summed E-state index contributed by atoms with van der Waals surface area (Å²) in [6.45, 7) is 0. The van der Waals surface area contributed by atoms with Gasteiger partial charge >= 0.3 is 0 Å². The summed E-state index contributed by atoms with van der Waals surface area (Å²) in [7, 11) is 0. The minimum atomic E-state index is 0.902. The number of hydrogen-bond donors (Lipinski definition) is 0. The van der Waals surface area contributed by atoms with Crippen LogP contribution in [-0.2, 0) is 0 Å². The molecule has 0 radical (unpaired) electrons. The van der Waals surface area contributed by atoms with Crippen LogP contribution >= 0.6 is 11.3 Å². The predicted octanol–water partition coefficient (Wildman–Crippen LogP) is 13.8. The van der Waals surface area contributed by atoms with E-state index >= 15 is 0 Å². The minimum absolute atomic E-state index is 0.902. The lowest BCUT2D eigenvalue weighted by Crippen LogP contribution is -1.96. The van der Waals surface area contributed by atoms with Crippen LogP contribution in [0.25, 0.3) is 108 Å². The Kier molecular flexibility index (Phi) is 5.65. The van der Waals surface area contributed by atoms with E-state index in [0.29, 0.717) is 0 Å². The number of nitrogens with zero attached hydrogens (tertiary/aromatic N) is 2. The molecule has 3 nitrogen and oxygen atoms in total. The summed E-state index contributed by atoms with van der Waals surface area (Å²) in [5.74, 6) is 0. The fourth-order valence-electron chi connectivity index (χ4n) is 8.64. The molecule has 8 aromatic carbocycles. The molecule has 0 N–H and O–H groups in total. The van der Waals surface area contributed by atoms with Crippen molar-refractivity contribution in [2.75, 3.05) is 0 Å². The molecule has 0 amide bonds. The van der Waals surface area contributed by atoms with Gasteiger partial charge in [0.1, 0.15) is 11.2 Å². The number of hydrogen-bond acceptors (Lipinski definition) is 2. The van der Waals surface area contributed by atoms with E-state index in [9.17, 15) is 0 Å². The number of furan rings is 1. The average molecular weight is 681 g/mol. The fraction of sp³-hybridized carbons (Fsp3) is 0. The van der Waals surface area contributed by atoms with Crippen LogP contribution in [0.3, 0.4) is 0 Å². The van der Waals surface area contributed by atoms with Crippen molar-refractivity contribution in [3.8, 4) is 22.5 Å². The van der Waals surface area contributed by atoms with Gasteiger partial charge < -0.3 is 13.6 Å². The molecule has 0 aliphatic carbocycles. The zero-order chi connectivity index (χ0) is 33.9. The molecule has 12 aromatic rings. The fourth-order valence-corrected chi connectivity index (χ4v) is 9.73. The van der Waals surface area contributed by atoms with E-state index in [2.05, 4.69) is 167 Å². The molecule has 0 aliphatic heterocycles. The van der Waals surface area contributed by atoms with Gasteiger partial charge in [-0.3, -0.25) is 0 Å². The average Bonchev–Trinajstić information content (AvgIpc) is 3.95. The highest BCUT2D eigenvalue weighted by Gasteiger charge is 2.20. The summed E-state index contributed by atoms with van der Waals surface area (Å²) in [6, 6.07) is 61.9. The lowest BCUT2D eigenvalue weighted by atomic mass is 10.00. The Bertz CT molecular complexity index is 3430. The van der Waals surface area contributed by atoms with Crippen LogP contribution in [-0.4, -0.2) is 9.13 Å². The standard InChI is InChI=1S/C48H28N2OS/c1-5-16-41-33(10-1)35-23-20-29(26-43(35)49(41)30-21-24-45-39(27-30)36-12-3-7-18-44(36)51-45)32-14-9-15-38-34-11-2-6-17-42(34)50(48(32)38)31-22-25-47-40(28-31)37-13-4-8-19-46(37)52-47/h1-28H. The van der Waals surface area contributed by atoms with Crippen LogP contribution in [0.2, 0.25) is 0 Å². The van der Waals surface area contributed by atoms with E-state index in [4.69, 9.17) is 4.42 Å². The van der Waals surface area contributed by atoms with Crippen LogP contribution < -0.4 is 0 Å². The maximum absolute atomic E-state index is 6.22. The van der Waals surface area contributed by atoms with Crippen molar-refractivity contribution in [3.05, 3.63) is 170 Å². The van der Waals surface area contributed by atoms with E-state index in [0.717, 1.165) is 27.6 Å². The first-order valence-corrected chi connectivity index (χ1v) is 18.5. The molecule has 4 heteroatoms. The minimum Gasteiger partial charge on any atom is -0.456 e. The molecule has 0 atom stereocenters. The van der Waals surface area contributed by atoms with Gasteiger partial charge in [0.25, 0.3) is 0 Å². The zero-order valence-electron chi connectivity index (χ0n) is 27.9. The lowest BCUT2D eigenvalue weighted by Gasteiger charge is -2.13. The highest BCUT2D eigenvalue weighted by molar-refractivity contribution is 7.25. The molecule has 0 fully saturated rings. The second-order valence-electron chi connectivity index (χ2n) is 13.7. The van der Waals surface area contributed by atoms with Crippen molar-refractivity contribution >= 4 is 97.1 Å². The third kappa shape index (κ3) is 3.84. The van der Waals surface area contributed by atoms with Crippen molar-refractivity contribution in [1.29, 1.82) is 0 Å². The monoisotopic (exact) mass is 680 g/mol. The van der Waals surface area contributed by atoms with Gasteiger partial charge in [0.05, 0.1) is 22.1 Å². The summed E-state index contributed by atoms with van der Waals surface area (Å²) in [6.07, 6.45) is 0. The maximum Gasteiger partial charge on any atom is 0.135 e. The SMILES string of the molecule is c1ccc2c(c1)oc1ccc(-n3c4ccccc4c4ccc(-c5cccc6c7ccccc7n(-c7ccc8sc9ccccc9c8c7)c56)cc43)cc12. The van der Waals surface area contributed by atoms with Gasteiger partial charge in [0.2, 0.25) is 0 Å². The molecule has 242 valence electrons. The highest BCUT2D eigenvalue weighted by atomic mass is 32.1. The van der Waals surface area contributed by atoms with Gasteiger partial charge in [-0.1, -0.05) is 103 Å². The molecule has 0 aliphatic rings. The Hall–Kier alpha value is -6.62. The molecule has 0 unspecified atom stereocenters. The molecule has 0 spiro atoms. The topological polar surface area (TPSA) is 23.0 Å². The number of aromatic nitrogens is 2. The Morgan fingerprint density at radius 2 is 0.981 bits per heavy atom. The van der Waals surface area contributed by atoms with Gasteiger partial charge in [0, 0.05) is 69.4 Å². The Labute approximate surface area is 301 Å². The quantitative estimate of drug-likeness (QED) is 0.182. The summed E-state index contributed by atoms with van der Waals surface area (Å²) < 4.78 is 13.7. The highest BCUT2D eigenvalue weighted by Crippen LogP contribution is 2.42. The second-order valence-corrected chi connectivity index (χ2v) is 14.8. The van der Waals surface area contributed by atoms with Crippen molar-refractivity contribution < 1.29 is 4.42 Å². The molecule has 0 saturated heterocycles. The number of fused-ring (bicyclic) bond motifs is 12. The van der Waals surface area contributed by atoms with Crippen LogP contribution in [0.4, 0.5) is 0 Å². The normalized spacial score (nSPS) is 12.2. The van der Waals surface area contributed by atoms with Crippen molar-refractivity contribution in [1.82, 2.24) is 9.13 Å². The molecule has 0 saturated carbocycles. The predicted molar refractivity (Wildman–Crippen MR) is 221 cm³/mol. The maximum atomic E-state index is 6.22. The molecule has 52 heavy (non-hydrogen) atoms. The second kappa shape index (κ2) is 10.5. The number of para-hydroxylation sites is 4. The van der Waals surface area contributed by atoms with E-state index in [1.165, 1.54) is 80.6 Å². The van der Waals surface area contributed by atoms with Crippen LogP contribution in [0.1, 0.15) is 0 Å². The smallest absolute Gasteiger partial charge is 0.135 e. The molecular weight excluding hydrogens is 653 g/mol. The van der Waals surface area contributed by atoms with E-state index in [1.807, 2.05) is 23.5 Å². The first kappa shape index (κ1) is 28.1. The molecule has 0 bridgehead atoms. The summed E-state index contributed by atoms with van der Waals surface area (Å²) in [4.78, 5) is 0. The van der Waals surface area contributed by atoms with Gasteiger partial charge in [-0.2, -0.15) is 0 Å². The molecule has 12 rings (SSSR count). The Morgan fingerprint density at radius 1 is 0.365 bits per heavy atom. The first-order chi connectivity index (χ1) is 25.8. The van der Waals surface area contributed by atoms with E-state index in [-0.39, 0.29) is 0 Å². The number of rotatable bonds is 3. The first-order valence-electron chi connectivity index (χ1n) is 17.7. The van der Waals surface area contributed by atoms with Gasteiger partial charge in [0.15, 0.2) is 0 Å². The summed E-state index contributed by atoms with van der Waals surface area (Å²) in [5.41, 5.74) is 11.3. The van der Waals surface area contributed by atoms with E-state index in [1.54, 1.807) is 0 Å². The molecule has 4 aromatic heterocycles. The van der Waals surface area contributed by atoms with Crippen LogP contribution in [0.5, 0.6) is 0 Å². The van der Waals surface area contributed by atoms with Crippen molar-refractivity contribution in [2.24, 2.45) is 0 Å². The van der Waals surface area contributed by atoms with Gasteiger partial charge in [-0.25, -0.2) is 0 Å². The van der Waals surface area contributed by atoms with Crippen LogP contribution in [0.15, 0.2) is 174 Å². The third-order valence-corrected chi connectivity index (χ3v) is 12.1. The number of benzene rings is 8. The Balaban J connectivity index is 1.14. The largest absolute Gasteiger partial charge is 0.456 e. The number of thiophene rings is 1. The van der Waals surface area contributed by atoms with Gasteiger partial charge in [-0.15, -0.1) is 11.3 Å². The summed E-state index contributed by atoms with van der Waals surface area (Å²) >= 11 is 1.86. The van der Waals surface area contributed by atoms with Crippen LogP contribution in [0, 0.1) is 0 Å². The summed E-state index contributed by atoms with van der Waals surface area (Å²) in [5, 5.41) is 9.85. The van der Waals surface area contributed by atoms with Crippen molar-refractivity contribution in [3.63, 3.8) is 0 Å². The van der Waals surface area contributed by atoms with E-state index < -0.39 is 0 Å². The zero-order valence-corrected chi connectivity index (χ0v) is 28.7. The van der Waals surface area contributed by atoms with Crippen molar-refractivity contribution in [2.45, 2.75) is 0 Å². The molecular formula is C48H28N2OS. The third-order valence-electron chi connectivity index (χ3n) is 10.9. The molecule has 4 heterocycles.